The van der Waals surface area contributed by atoms with Crippen LogP contribution in [0.25, 0.3) is 0 Å². The van der Waals surface area contributed by atoms with Crippen LogP contribution in [0.15, 0.2) is 24.3 Å². The second kappa shape index (κ2) is 8.05. The molecule has 1 fully saturated rings. The lowest BCUT2D eigenvalue weighted by Crippen LogP contribution is -2.59. The molecule has 0 unspecified atom stereocenters. The topological polar surface area (TPSA) is 120 Å². The summed E-state index contributed by atoms with van der Waals surface area (Å²) in [6.45, 7) is 1.33. The predicted molar refractivity (Wildman–Crippen MR) is 80.7 cm³/mol. The van der Waals surface area contributed by atoms with E-state index in [2.05, 4.69) is 0 Å². The highest BCUT2D eigenvalue weighted by atomic mass is 16.7. The van der Waals surface area contributed by atoms with Gasteiger partial charge in [-0.05, 0) is 37.5 Å². The standard InChI is InChI=1S/C16H24O7/c1-9(2-3-10-4-6-11(18)7-5-10)22-16-15(21)14(20)13(19)12(8-17)23-16/h4-7,9,12-21H,2-3,8H2,1H3/t9-,12+,13+,14-,15+,16+/m1/s1. The summed E-state index contributed by atoms with van der Waals surface area (Å²) < 4.78 is 10.9. The Balaban J connectivity index is 1.86. The molecule has 130 valence electrons. The van der Waals surface area contributed by atoms with Crippen molar-refractivity contribution in [2.45, 2.75) is 56.6 Å². The second-order valence-electron chi connectivity index (χ2n) is 5.85. The highest BCUT2D eigenvalue weighted by molar-refractivity contribution is 5.25. The third-order valence-corrected chi connectivity index (χ3v) is 3.99. The van der Waals surface area contributed by atoms with Gasteiger partial charge < -0.3 is 35.0 Å². The van der Waals surface area contributed by atoms with Crippen molar-refractivity contribution in [3.05, 3.63) is 29.8 Å². The minimum atomic E-state index is -1.44. The minimum absolute atomic E-state index is 0.208. The molecule has 1 aliphatic rings. The zero-order chi connectivity index (χ0) is 17.0. The first-order valence-electron chi connectivity index (χ1n) is 7.66. The van der Waals surface area contributed by atoms with Gasteiger partial charge in [0.2, 0.25) is 0 Å². The smallest absolute Gasteiger partial charge is 0.186 e. The fourth-order valence-corrected chi connectivity index (χ4v) is 2.51. The van der Waals surface area contributed by atoms with Crippen LogP contribution in [0.1, 0.15) is 18.9 Å². The van der Waals surface area contributed by atoms with E-state index in [9.17, 15) is 20.4 Å². The van der Waals surface area contributed by atoms with Crippen LogP contribution in [0.3, 0.4) is 0 Å². The first-order chi connectivity index (χ1) is 10.9. The molecule has 1 aromatic carbocycles. The summed E-state index contributed by atoms with van der Waals surface area (Å²) >= 11 is 0. The van der Waals surface area contributed by atoms with Gasteiger partial charge in [0.1, 0.15) is 30.2 Å². The van der Waals surface area contributed by atoms with Crippen molar-refractivity contribution in [3.8, 4) is 5.75 Å². The van der Waals surface area contributed by atoms with Gasteiger partial charge in [-0.1, -0.05) is 12.1 Å². The molecule has 0 radical (unpaired) electrons. The first kappa shape index (κ1) is 18.1. The van der Waals surface area contributed by atoms with Crippen molar-refractivity contribution < 1.29 is 35.0 Å². The molecule has 1 heterocycles. The maximum absolute atomic E-state index is 9.92. The average molecular weight is 328 g/mol. The van der Waals surface area contributed by atoms with Gasteiger partial charge in [-0.2, -0.15) is 0 Å². The van der Waals surface area contributed by atoms with Crippen molar-refractivity contribution >= 4 is 0 Å². The van der Waals surface area contributed by atoms with E-state index in [0.717, 1.165) is 5.56 Å². The second-order valence-corrected chi connectivity index (χ2v) is 5.85. The zero-order valence-corrected chi connectivity index (χ0v) is 12.9. The fourth-order valence-electron chi connectivity index (χ4n) is 2.51. The molecular formula is C16H24O7. The van der Waals surface area contributed by atoms with Crippen molar-refractivity contribution in [2.75, 3.05) is 6.61 Å². The molecule has 0 aromatic heterocycles. The number of ether oxygens (including phenoxy) is 2. The molecule has 7 nitrogen and oxygen atoms in total. The van der Waals surface area contributed by atoms with E-state index >= 15 is 0 Å². The third kappa shape index (κ3) is 4.63. The maximum Gasteiger partial charge on any atom is 0.186 e. The SMILES string of the molecule is C[C@H](CCc1ccc(O)cc1)O[C@H]1O[C@@H](CO)[C@H](O)[C@@H](O)[C@@H]1O. The van der Waals surface area contributed by atoms with Gasteiger partial charge in [0.05, 0.1) is 12.7 Å². The lowest BCUT2D eigenvalue weighted by atomic mass is 9.99. The van der Waals surface area contributed by atoms with Crippen LogP contribution in [-0.4, -0.2) is 68.9 Å². The van der Waals surface area contributed by atoms with Gasteiger partial charge in [0.25, 0.3) is 0 Å². The van der Waals surface area contributed by atoms with Crippen LogP contribution in [0.4, 0.5) is 0 Å². The Hall–Kier alpha value is -1.22. The average Bonchev–Trinajstić information content (AvgIpc) is 2.55. The molecule has 1 saturated heterocycles. The van der Waals surface area contributed by atoms with E-state index in [1.165, 1.54) is 0 Å². The molecule has 0 bridgehead atoms. The summed E-state index contributed by atoms with van der Waals surface area (Å²) in [5.41, 5.74) is 1.03. The number of hydrogen-bond acceptors (Lipinski definition) is 7. The predicted octanol–water partition coefficient (Wildman–Crippen LogP) is -0.470. The highest BCUT2D eigenvalue weighted by Gasteiger charge is 2.44. The highest BCUT2D eigenvalue weighted by Crippen LogP contribution is 2.23. The summed E-state index contributed by atoms with van der Waals surface area (Å²) in [5, 5.41) is 47.7. The van der Waals surface area contributed by atoms with Crippen LogP contribution >= 0.6 is 0 Å². The third-order valence-electron chi connectivity index (χ3n) is 3.99. The Kier molecular flexibility index (Phi) is 6.34. The van der Waals surface area contributed by atoms with Crippen LogP contribution in [0.5, 0.6) is 5.75 Å². The van der Waals surface area contributed by atoms with Crippen LogP contribution in [0.2, 0.25) is 0 Å². The molecule has 0 saturated carbocycles. The fraction of sp³-hybridized carbons (Fsp3) is 0.625. The largest absolute Gasteiger partial charge is 0.508 e. The summed E-state index contributed by atoms with van der Waals surface area (Å²) in [6, 6.07) is 6.85. The molecule has 0 aliphatic carbocycles. The Bertz CT molecular complexity index is 476. The minimum Gasteiger partial charge on any atom is -0.508 e. The van der Waals surface area contributed by atoms with E-state index in [1.54, 1.807) is 12.1 Å². The summed E-state index contributed by atoms with van der Waals surface area (Å²) in [7, 11) is 0. The number of phenolic OH excluding ortho intramolecular Hbond substituents is 1. The van der Waals surface area contributed by atoms with Gasteiger partial charge in [-0.25, -0.2) is 0 Å². The van der Waals surface area contributed by atoms with Gasteiger partial charge in [0, 0.05) is 0 Å². The van der Waals surface area contributed by atoms with E-state index in [0.29, 0.717) is 12.8 Å². The summed E-state index contributed by atoms with van der Waals surface area (Å²) in [6.07, 6.45) is -5.21. The molecular weight excluding hydrogens is 304 g/mol. The summed E-state index contributed by atoms with van der Waals surface area (Å²) in [5.74, 6) is 0.208. The number of benzene rings is 1. The normalized spacial score (nSPS) is 32.7. The molecule has 6 atom stereocenters. The van der Waals surface area contributed by atoms with Gasteiger partial charge in [0.15, 0.2) is 6.29 Å². The molecule has 2 rings (SSSR count). The van der Waals surface area contributed by atoms with Crippen molar-refractivity contribution in [2.24, 2.45) is 0 Å². The number of aryl methyl sites for hydroxylation is 1. The zero-order valence-electron chi connectivity index (χ0n) is 12.9. The molecule has 7 heteroatoms. The number of rotatable bonds is 6. The van der Waals surface area contributed by atoms with Crippen molar-refractivity contribution in [1.29, 1.82) is 0 Å². The Morgan fingerprint density at radius 1 is 1.09 bits per heavy atom. The Morgan fingerprint density at radius 2 is 1.74 bits per heavy atom. The number of aromatic hydroxyl groups is 1. The quantitative estimate of drug-likeness (QED) is 0.479. The van der Waals surface area contributed by atoms with Gasteiger partial charge in [-0.15, -0.1) is 0 Å². The molecule has 0 amide bonds. The van der Waals surface area contributed by atoms with Gasteiger partial charge in [-0.3, -0.25) is 0 Å². The number of aliphatic hydroxyl groups is 4. The van der Waals surface area contributed by atoms with Crippen molar-refractivity contribution in [1.82, 2.24) is 0 Å². The lowest BCUT2D eigenvalue weighted by molar-refractivity contribution is -0.310. The van der Waals surface area contributed by atoms with Crippen LogP contribution < -0.4 is 0 Å². The van der Waals surface area contributed by atoms with E-state index in [1.807, 2.05) is 19.1 Å². The van der Waals surface area contributed by atoms with Crippen LogP contribution in [0, 0.1) is 0 Å². The molecule has 5 N–H and O–H groups in total. The Morgan fingerprint density at radius 3 is 2.35 bits per heavy atom. The first-order valence-corrected chi connectivity index (χ1v) is 7.66. The lowest BCUT2D eigenvalue weighted by Gasteiger charge is -2.40. The number of aliphatic hydroxyl groups excluding tert-OH is 4. The molecule has 1 aliphatic heterocycles. The van der Waals surface area contributed by atoms with Crippen LogP contribution in [-0.2, 0) is 15.9 Å². The summed E-state index contributed by atoms with van der Waals surface area (Å²) in [4.78, 5) is 0. The number of hydrogen-bond donors (Lipinski definition) is 5. The van der Waals surface area contributed by atoms with Crippen molar-refractivity contribution in [3.63, 3.8) is 0 Å². The molecule has 23 heavy (non-hydrogen) atoms. The van der Waals surface area contributed by atoms with E-state index in [4.69, 9.17) is 14.6 Å². The van der Waals surface area contributed by atoms with E-state index < -0.39 is 37.3 Å². The molecule has 0 spiro atoms. The monoisotopic (exact) mass is 328 g/mol. The van der Waals surface area contributed by atoms with Gasteiger partial charge >= 0.3 is 0 Å². The Labute approximate surface area is 134 Å². The molecule has 1 aromatic rings. The maximum atomic E-state index is 9.92. The van der Waals surface area contributed by atoms with E-state index in [-0.39, 0.29) is 11.9 Å². The number of phenols is 1.